The highest BCUT2D eigenvalue weighted by Gasteiger charge is 2.25. The van der Waals surface area contributed by atoms with Gasteiger partial charge in [-0.2, -0.15) is 0 Å². The molecule has 0 saturated heterocycles. The Labute approximate surface area is 114 Å². The number of hydrogen-bond acceptors (Lipinski definition) is 2. The largest absolute Gasteiger partial charge is 0.246 e. The minimum atomic E-state index is -4.36. The van der Waals surface area contributed by atoms with Crippen LogP contribution >= 0.6 is 11.6 Å². The third-order valence-corrected chi connectivity index (χ3v) is 4.15. The zero-order valence-corrected chi connectivity index (χ0v) is 11.7. The van der Waals surface area contributed by atoms with Crippen LogP contribution in [0.2, 0.25) is 0 Å². The monoisotopic (exact) mass is 315 g/mol. The topological polar surface area (TPSA) is 46.2 Å². The summed E-state index contributed by atoms with van der Waals surface area (Å²) in [5.74, 6) is -3.84. The van der Waals surface area contributed by atoms with Crippen molar-refractivity contribution in [2.24, 2.45) is 5.92 Å². The predicted molar refractivity (Wildman–Crippen MR) is 66.0 cm³/mol. The summed E-state index contributed by atoms with van der Waals surface area (Å²) in [6, 6.07) is 0.639. The molecule has 0 saturated carbocycles. The van der Waals surface area contributed by atoms with Gasteiger partial charge in [0.15, 0.2) is 4.90 Å². The first-order valence-corrected chi connectivity index (χ1v) is 7.50. The maximum atomic E-state index is 13.4. The summed E-state index contributed by atoms with van der Waals surface area (Å²) in [6.45, 7) is 1.73. The Bertz CT molecular complexity index is 528. The van der Waals surface area contributed by atoms with Gasteiger partial charge in [0.2, 0.25) is 10.0 Å². The van der Waals surface area contributed by atoms with E-state index >= 15 is 0 Å². The fraction of sp³-hybridized carbons (Fsp3) is 0.455. The Morgan fingerprint density at radius 2 is 1.79 bits per heavy atom. The van der Waals surface area contributed by atoms with Gasteiger partial charge in [0.05, 0.1) is 0 Å². The first kappa shape index (κ1) is 16.3. The van der Waals surface area contributed by atoms with E-state index in [4.69, 9.17) is 11.6 Å². The molecule has 1 atom stereocenters. The molecule has 19 heavy (non-hydrogen) atoms. The smallest absolute Gasteiger partial charge is 0.211 e. The second-order valence-electron chi connectivity index (χ2n) is 4.13. The van der Waals surface area contributed by atoms with Gasteiger partial charge in [-0.15, -0.1) is 11.6 Å². The maximum absolute atomic E-state index is 13.4. The van der Waals surface area contributed by atoms with E-state index in [0.29, 0.717) is 24.4 Å². The van der Waals surface area contributed by atoms with E-state index in [-0.39, 0.29) is 12.5 Å². The molecule has 0 amide bonds. The van der Waals surface area contributed by atoms with Crippen molar-refractivity contribution in [1.82, 2.24) is 4.72 Å². The van der Waals surface area contributed by atoms with Gasteiger partial charge in [0.25, 0.3) is 0 Å². The van der Waals surface area contributed by atoms with E-state index in [1.54, 1.807) is 6.92 Å². The van der Waals surface area contributed by atoms with Crippen molar-refractivity contribution in [2.75, 3.05) is 12.4 Å². The van der Waals surface area contributed by atoms with Gasteiger partial charge in [-0.3, -0.25) is 0 Å². The lowest BCUT2D eigenvalue weighted by Gasteiger charge is -2.12. The molecule has 0 aliphatic carbocycles. The summed E-state index contributed by atoms with van der Waals surface area (Å²) in [5, 5.41) is 0. The number of halogens is 4. The van der Waals surface area contributed by atoms with Gasteiger partial charge in [-0.1, -0.05) is 6.92 Å². The molecule has 0 aliphatic heterocycles. The van der Waals surface area contributed by atoms with E-state index in [1.807, 2.05) is 0 Å². The maximum Gasteiger partial charge on any atom is 0.246 e. The lowest BCUT2D eigenvalue weighted by Crippen LogP contribution is -2.30. The summed E-state index contributed by atoms with van der Waals surface area (Å²) >= 11 is 5.49. The molecular formula is C11H13ClF3NO2S. The normalized spacial score (nSPS) is 13.5. The van der Waals surface area contributed by atoms with E-state index < -0.39 is 32.4 Å². The highest BCUT2D eigenvalue weighted by atomic mass is 35.5. The Kier molecular flexibility index (Phi) is 5.64. The minimum Gasteiger partial charge on any atom is -0.211 e. The molecule has 0 aliphatic rings. The molecule has 108 valence electrons. The van der Waals surface area contributed by atoms with Gasteiger partial charge in [0.1, 0.15) is 17.5 Å². The van der Waals surface area contributed by atoms with Crippen molar-refractivity contribution in [2.45, 2.75) is 18.2 Å². The Balaban J connectivity index is 2.95. The van der Waals surface area contributed by atoms with Crippen molar-refractivity contribution in [1.29, 1.82) is 0 Å². The van der Waals surface area contributed by atoms with Gasteiger partial charge >= 0.3 is 0 Å². The van der Waals surface area contributed by atoms with Crippen LogP contribution in [-0.4, -0.2) is 20.8 Å². The molecule has 0 spiro atoms. The molecule has 1 aromatic carbocycles. The lowest BCUT2D eigenvalue weighted by molar-refractivity contribution is 0.487. The zero-order chi connectivity index (χ0) is 14.6. The molecule has 1 rings (SSSR count). The van der Waals surface area contributed by atoms with Crippen LogP contribution in [0.4, 0.5) is 13.2 Å². The molecule has 0 heterocycles. The van der Waals surface area contributed by atoms with E-state index in [1.165, 1.54) is 0 Å². The fourth-order valence-electron chi connectivity index (χ4n) is 1.40. The summed E-state index contributed by atoms with van der Waals surface area (Å²) < 4.78 is 65.0. The van der Waals surface area contributed by atoms with Crippen molar-refractivity contribution in [3.05, 3.63) is 29.6 Å². The number of sulfonamides is 1. The van der Waals surface area contributed by atoms with Crippen molar-refractivity contribution in [3.8, 4) is 0 Å². The number of hydrogen-bond donors (Lipinski definition) is 1. The van der Waals surface area contributed by atoms with E-state index in [9.17, 15) is 21.6 Å². The van der Waals surface area contributed by atoms with E-state index in [0.717, 1.165) is 0 Å². The SMILES string of the molecule is CC(CCCl)CNS(=O)(=O)c1c(F)cc(F)cc1F. The Morgan fingerprint density at radius 1 is 1.26 bits per heavy atom. The van der Waals surface area contributed by atoms with Crippen LogP contribution in [-0.2, 0) is 10.0 Å². The van der Waals surface area contributed by atoms with Crippen LogP contribution in [0.5, 0.6) is 0 Å². The van der Waals surface area contributed by atoms with Gasteiger partial charge in [0, 0.05) is 24.6 Å². The van der Waals surface area contributed by atoms with Crippen LogP contribution in [0.15, 0.2) is 17.0 Å². The van der Waals surface area contributed by atoms with Crippen molar-refractivity contribution >= 4 is 21.6 Å². The lowest BCUT2D eigenvalue weighted by atomic mass is 10.1. The molecule has 0 fully saturated rings. The number of alkyl halides is 1. The molecule has 3 nitrogen and oxygen atoms in total. The quantitative estimate of drug-likeness (QED) is 0.820. The number of rotatable bonds is 6. The third kappa shape index (κ3) is 4.36. The molecule has 1 aromatic rings. The van der Waals surface area contributed by atoms with E-state index in [2.05, 4.69) is 4.72 Å². The Morgan fingerprint density at radius 3 is 2.26 bits per heavy atom. The second kappa shape index (κ2) is 6.58. The molecule has 0 radical (unpaired) electrons. The molecule has 8 heteroatoms. The molecule has 1 unspecified atom stereocenters. The van der Waals surface area contributed by atoms with Gasteiger partial charge in [-0.25, -0.2) is 26.3 Å². The Hall–Kier alpha value is -0.790. The molecule has 0 bridgehead atoms. The van der Waals surface area contributed by atoms with Crippen LogP contribution in [0.25, 0.3) is 0 Å². The summed E-state index contributed by atoms with van der Waals surface area (Å²) in [5.41, 5.74) is 0. The average molecular weight is 316 g/mol. The second-order valence-corrected chi connectivity index (χ2v) is 6.22. The van der Waals surface area contributed by atoms with Gasteiger partial charge in [-0.05, 0) is 12.3 Å². The first-order chi connectivity index (χ1) is 8.77. The molecule has 1 N–H and O–H groups in total. The summed E-state index contributed by atoms with van der Waals surface area (Å²) in [6.07, 6.45) is 0.554. The fourth-order valence-corrected chi connectivity index (χ4v) is 3.05. The summed E-state index contributed by atoms with van der Waals surface area (Å²) in [7, 11) is -4.36. The van der Waals surface area contributed by atoms with Crippen molar-refractivity contribution < 1.29 is 21.6 Å². The van der Waals surface area contributed by atoms with Crippen molar-refractivity contribution in [3.63, 3.8) is 0 Å². The minimum absolute atomic E-state index is 0.00862. The first-order valence-electron chi connectivity index (χ1n) is 5.48. The highest BCUT2D eigenvalue weighted by Crippen LogP contribution is 2.20. The highest BCUT2D eigenvalue weighted by molar-refractivity contribution is 7.89. The van der Waals surface area contributed by atoms with Crippen LogP contribution < -0.4 is 4.72 Å². The summed E-state index contributed by atoms with van der Waals surface area (Å²) in [4.78, 5) is -1.17. The van der Waals surface area contributed by atoms with Crippen LogP contribution in [0.1, 0.15) is 13.3 Å². The number of benzene rings is 1. The molecular weight excluding hydrogens is 303 g/mol. The number of nitrogens with one attached hydrogen (secondary N) is 1. The van der Waals surface area contributed by atoms with Gasteiger partial charge < -0.3 is 0 Å². The molecule has 0 aromatic heterocycles. The standard InChI is InChI=1S/C11H13ClF3NO2S/c1-7(2-3-12)6-16-19(17,18)11-9(14)4-8(13)5-10(11)15/h4-5,7,16H,2-3,6H2,1H3. The van der Waals surface area contributed by atoms with Crippen LogP contribution in [0.3, 0.4) is 0 Å². The third-order valence-electron chi connectivity index (χ3n) is 2.46. The average Bonchev–Trinajstić information content (AvgIpc) is 2.25. The zero-order valence-electron chi connectivity index (χ0n) is 10.1. The van der Waals surface area contributed by atoms with Crippen LogP contribution in [0, 0.1) is 23.4 Å². The predicted octanol–water partition coefficient (Wildman–Crippen LogP) is 2.65.